The van der Waals surface area contributed by atoms with Gasteiger partial charge in [0.15, 0.2) is 0 Å². The molecule has 1 aliphatic carbocycles. The minimum atomic E-state index is -0.994. The fourth-order valence-corrected chi connectivity index (χ4v) is 5.35. The summed E-state index contributed by atoms with van der Waals surface area (Å²) < 4.78 is 0. The minimum absolute atomic E-state index is 0.0238. The molecule has 0 aromatic carbocycles. The molecule has 0 spiro atoms. The summed E-state index contributed by atoms with van der Waals surface area (Å²) in [5.74, 6) is -0.679. The molecular weight excluding hydrogens is 364 g/mol. The van der Waals surface area contributed by atoms with Crippen LogP contribution in [-0.2, 0) is 22.4 Å². The number of aliphatic carboxylic acids is 1. The zero-order valence-electron chi connectivity index (χ0n) is 15.9. The van der Waals surface area contributed by atoms with E-state index in [1.54, 1.807) is 0 Å². The summed E-state index contributed by atoms with van der Waals surface area (Å²) >= 11 is 1.51. The van der Waals surface area contributed by atoms with Gasteiger partial charge in [0.2, 0.25) is 5.91 Å². The monoisotopic (exact) mass is 392 g/mol. The van der Waals surface area contributed by atoms with Crippen LogP contribution in [0.1, 0.15) is 72.7 Å². The van der Waals surface area contributed by atoms with E-state index >= 15 is 0 Å². The van der Waals surface area contributed by atoms with Gasteiger partial charge in [-0.2, -0.15) is 0 Å². The van der Waals surface area contributed by atoms with E-state index in [1.807, 2.05) is 4.90 Å². The number of hydrogen-bond acceptors (Lipinski definition) is 4. The molecule has 0 radical (unpaired) electrons. The molecule has 2 aliphatic rings. The smallest absolute Gasteiger partial charge is 0.303 e. The first kappa shape index (κ1) is 19.9. The van der Waals surface area contributed by atoms with Crippen LogP contribution in [0.25, 0.3) is 0 Å². The molecule has 148 valence electrons. The van der Waals surface area contributed by atoms with E-state index in [0.29, 0.717) is 16.5 Å². The number of hydrogen-bond donors (Lipinski definition) is 2. The van der Waals surface area contributed by atoms with Gasteiger partial charge in [0.05, 0.1) is 12.0 Å². The molecule has 27 heavy (non-hydrogen) atoms. The highest BCUT2D eigenvalue weighted by Gasteiger charge is 2.31. The second-order valence-electron chi connectivity index (χ2n) is 7.52. The van der Waals surface area contributed by atoms with Crippen molar-refractivity contribution in [2.24, 2.45) is 5.92 Å². The number of rotatable bonds is 6. The van der Waals surface area contributed by atoms with Crippen LogP contribution in [0, 0.1) is 5.92 Å². The van der Waals surface area contributed by atoms with Crippen molar-refractivity contribution in [3.05, 3.63) is 16.0 Å². The number of likely N-dealkylation sites (tertiary alicyclic amines) is 1. The molecule has 1 aromatic heterocycles. The molecule has 1 fully saturated rings. The minimum Gasteiger partial charge on any atom is -0.481 e. The fourth-order valence-electron chi connectivity index (χ4n) is 3.98. The molecule has 3 rings (SSSR count). The van der Waals surface area contributed by atoms with Gasteiger partial charge in [-0.05, 0) is 50.0 Å². The van der Waals surface area contributed by atoms with Crippen molar-refractivity contribution in [3.8, 4) is 0 Å². The van der Waals surface area contributed by atoms with Crippen LogP contribution in [0.2, 0.25) is 0 Å². The van der Waals surface area contributed by atoms with Crippen molar-refractivity contribution >= 4 is 34.1 Å². The third-order valence-corrected chi connectivity index (χ3v) is 6.79. The largest absolute Gasteiger partial charge is 0.481 e. The second kappa shape index (κ2) is 8.87. The molecule has 1 atom stereocenters. The first-order valence-electron chi connectivity index (χ1n) is 9.95. The topological polar surface area (TPSA) is 86.7 Å². The van der Waals surface area contributed by atoms with Gasteiger partial charge < -0.3 is 15.3 Å². The van der Waals surface area contributed by atoms with Gasteiger partial charge in [-0.3, -0.25) is 14.4 Å². The second-order valence-corrected chi connectivity index (χ2v) is 8.62. The third kappa shape index (κ3) is 4.69. The highest BCUT2D eigenvalue weighted by atomic mass is 32.1. The lowest BCUT2D eigenvalue weighted by atomic mass is 9.85. The van der Waals surface area contributed by atoms with E-state index in [9.17, 15) is 14.4 Å². The third-order valence-electron chi connectivity index (χ3n) is 5.62. The Labute approximate surface area is 163 Å². The number of carbonyl (C=O) groups is 3. The lowest BCUT2D eigenvalue weighted by molar-refractivity contribution is -0.138. The van der Waals surface area contributed by atoms with Crippen molar-refractivity contribution < 1.29 is 19.5 Å². The zero-order valence-corrected chi connectivity index (χ0v) is 16.7. The molecule has 2 amide bonds. The van der Waals surface area contributed by atoms with E-state index in [2.05, 4.69) is 12.2 Å². The van der Waals surface area contributed by atoms with Gasteiger partial charge in [0.1, 0.15) is 5.00 Å². The molecule has 0 unspecified atom stereocenters. The number of carbonyl (C=O) groups excluding carboxylic acids is 2. The van der Waals surface area contributed by atoms with Gasteiger partial charge in [-0.25, -0.2) is 0 Å². The molecule has 6 nitrogen and oxygen atoms in total. The van der Waals surface area contributed by atoms with Gasteiger partial charge >= 0.3 is 5.97 Å². The Balaban J connectivity index is 1.86. The predicted octanol–water partition coefficient (Wildman–Crippen LogP) is 3.69. The summed E-state index contributed by atoms with van der Waals surface area (Å²) in [7, 11) is 0. The van der Waals surface area contributed by atoms with Crippen molar-refractivity contribution in [1.82, 2.24) is 4.90 Å². The van der Waals surface area contributed by atoms with Crippen LogP contribution in [0.5, 0.6) is 0 Å². The van der Waals surface area contributed by atoms with E-state index in [-0.39, 0.29) is 24.7 Å². The number of fused-ring (bicyclic) bond motifs is 1. The first-order valence-corrected chi connectivity index (χ1v) is 10.8. The Morgan fingerprint density at radius 2 is 1.93 bits per heavy atom. The van der Waals surface area contributed by atoms with Crippen LogP contribution < -0.4 is 5.32 Å². The Morgan fingerprint density at radius 1 is 1.19 bits per heavy atom. The van der Waals surface area contributed by atoms with Crippen molar-refractivity contribution in [3.63, 3.8) is 0 Å². The summed E-state index contributed by atoms with van der Waals surface area (Å²) in [6.07, 6.45) is 6.96. The number of nitrogens with one attached hydrogen (secondary N) is 1. The van der Waals surface area contributed by atoms with E-state index in [0.717, 1.165) is 63.6 Å². The summed E-state index contributed by atoms with van der Waals surface area (Å²) in [4.78, 5) is 39.3. The summed E-state index contributed by atoms with van der Waals surface area (Å²) in [6.45, 7) is 3.73. The molecule has 2 heterocycles. The van der Waals surface area contributed by atoms with Gasteiger partial charge in [0, 0.05) is 24.4 Å². The Bertz CT molecular complexity index is 722. The summed E-state index contributed by atoms with van der Waals surface area (Å²) in [5.41, 5.74) is 1.77. The van der Waals surface area contributed by atoms with Gasteiger partial charge in [0.25, 0.3) is 5.91 Å². The SMILES string of the molecule is CC[C@@H]1CCc2c(sc(NC(=O)CCC(=O)O)c2C(=O)N2CCCCC2)C1. The molecule has 1 saturated heterocycles. The van der Waals surface area contributed by atoms with Crippen LogP contribution in [0.3, 0.4) is 0 Å². The number of carboxylic acids is 1. The normalized spacial score (nSPS) is 19.4. The lowest BCUT2D eigenvalue weighted by Crippen LogP contribution is -2.36. The maximum Gasteiger partial charge on any atom is 0.303 e. The highest BCUT2D eigenvalue weighted by Crippen LogP contribution is 2.41. The number of amides is 2. The molecule has 1 aromatic rings. The Hall–Kier alpha value is -1.89. The molecule has 0 saturated carbocycles. The fraction of sp³-hybridized carbons (Fsp3) is 0.650. The average molecular weight is 393 g/mol. The maximum absolute atomic E-state index is 13.2. The number of thiophene rings is 1. The number of carboxylic acid groups (broad SMARTS) is 1. The Morgan fingerprint density at radius 3 is 2.59 bits per heavy atom. The van der Waals surface area contributed by atoms with Crippen LogP contribution in [0.4, 0.5) is 5.00 Å². The summed E-state index contributed by atoms with van der Waals surface area (Å²) in [6, 6.07) is 0. The first-order chi connectivity index (χ1) is 13.0. The predicted molar refractivity (Wildman–Crippen MR) is 105 cm³/mol. The van der Waals surface area contributed by atoms with Crippen molar-refractivity contribution in [1.29, 1.82) is 0 Å². The average Bonchev–Trinajstić information content (AvgIpc) is 3.03. The molecule has 1 aliphatic heterocycles. The summed E-state index contributed by atoms with van der Waals surface area (Å²) in [5, 5.41) is 12.3. The standard InChI is InChI=1S/C20H28N2O4S/c1-2-13-6-7-14-15(12-13)27-19(21-16(23)8-9-17(24)25)18(14)20(26)22-10-4-3-5-11-22/h13H,2-12H2,1H3,(H,21,23)(H,24,25)/t13-/m1/s1. The van der Waals surface area contributed by atoms with E-state index < -0.39 is 5.97 Å². The van der Waals surface area contributed by atoms with Gasteiger partial charge in [-0.15, -0.1) is 11.3 Å². The molecular formula is C20H28N2O4S. The zero-order chi connectivity index (χ0) is 19.4. The number of piperidine rings is 1. The highest BCUT2D eigenvalue weighted by molar-refractivity contribution is 7.17. The molecule has 2 N–H and O–H groups in total. The van der Waals surface area contributed by atoms with E-state index in [4.69, 9.17) is 5.11 Å². The van der Waals surface area contributed by atoms with E-state index in [1.165, 1.54) is 16.2 Å². The molecule has 7 heteroatoms. The van der Waals surface area contributed by atoms with Gasteiger partial charge in [-0.1, -0.05) is 13.3 Å². The number of anilines is 1. The maximum atomic E-state index is 13.2. The van der Waals surface area contributed by atoms with Crippen LogP contribution in [-0.4, -0.2) is 40.9 Å². The number of nitrogens with zero attached hydrogens (tertiary/aromatic N) is 1. The van der Waals surface area contributed by atoms with Crippen LogP contribution in [0.15, 0.2) is 0 Å². The Kier molecular flexibility index (Phi) is 6.52. The van der Waals surface area contributed by atoms with Crippen LogP contribution >= 0.6 is 11.3 Å². The quantitative estimate of drug-likeness (QED) is 0.773. The molecule has 0 bridgehead atoms. The van der Waals surface area contributed by atoms with Crippen molar-refractivity contribution in [2.75, 3.05) is 18.4 Å². The lowest BCUT2D eigenvalue weighted by Gasteiger charge is -2.28. The van der Waals surface area contributed by atoms with Crippen molar-refractivity contribution in [2.45, 2.75) is 64.7 Å².